The van der Waals surface area contributed by atoms with Gasteiger partial charge in [0.1, 0.15) is 0 Å². The molecular formula is C22H38N2S2. The van der Waals surface area contributed by atoms with Crippen LogP contribution in [0.5, 0.6) is 0 Å². The standard InChI is InChI=1S/C13H27NS.C9H11NS/c1-2-3-4-5-6-7-8-9-10-11-12-14-13-15;1-2-6-10-8(4-1)9-5-3-7-11-9/h13H,2-12H2,1H3,(H,14,15);1-2,4,6,9H,3,5,7H2. The molecule has 1 fully saturated rings. The molecule has 0 bridgehead atoms. The van der Waals surface area contributed by atoms with Crippen LogP contribution in [-0.2, 0) is 0 Å². The van der Waals surface area contributed by atoms with Crippen LogP contribution in [0.25, 0.3) is 0 Å². The summed E-state index contributed by atoms with van der Waals surface area (Å²) in [7, 11) is 0. The number of nitrogens with one attached hydrogen (secondary N) is 1. The molecule has 1 aliphatic rings. The minimum Gasteiger partial charge on any atom is -0.382 e. The van der Waals surface area contributed by atoms with Crippen molar-refractivity contribution in [3.63, 3.8) is 0 Å². The van der Waals surface area contributed by atoms with Crippen molar-refractivity contribution in [1.29, 1.82) is 0 Å². The highest BCUT2D eigenvalue weighted by Gasteiger charge is 2.17. The number of thiocarbonyl (C=S) groups is 1. The van der Waals surface area contributed by atoms with Gasteiger partial charge in [-0.3, -0.25) is 4.98 Å². The van der Waals surface area contributed by atoms with Gasteiger partial charge in [-0.2, -0.15) is 11.8 Å². The molecule has 148 valence electrons. The average molecular weight is 395 g/mol. The highest BCUT2D eigenvalue weighted by molar-refractivity contribution is 7.99. The topological polar surface area (TPSA) is 24.9 Å². The smallest absolute Gasteiger partial charge is 0.0614 e. The number of unbranched alkanes of at least 4 members (excludes halogenated alkanes) is 9. The van der Waals surface area contributed by atoms with Crippen molar-refractivity contribution in [2.24, 2.45) is 0 Å². The molecule has 0 radical (unpaired) electrons. The normalized spacial score (nSPS) is 16.0. The van der Waals surface area contributed by atoms with E-state index in [1.807, 2.05) is 24.0 Å². The minimum absolute atomic E-state index is 0.677. The van der Waals surface area contributed by atoms with Crippen LogP contribution in [0, 0.1) is 0 Å². The Hall–Kier alpha value is -0.610. The Bertz CT molecular complexity index is 419. The third kappa shape index (κ3) is 12.7. The third-order valence-electron chi connectivity index (χ3n) is 4.71. The van der Waals surface area contributed by atoms with Crippen LogP contribution in [0.1, 0.15) is 94.9 Å². The largest absolute Gasteiger partial charge is 0.382 e. The molecule has 1 saturated heterocycles. The van der Waals surface area contributed by atoms with E-state index >= 15 is 0 Å². The maximum absolute atomic E-state index is 4.69. The number of thioether (sulfide) groups is 1. The van der Waals surface area contributed by atoms with E-state index in [4.69, 9.17) is 0 Å². The minimum atomic E-state index is 0.677. The number of rotatable bonds is 13. The van der Waals surface area contributed by atoms with E-state index in [-0.39, 0.29) is 0 Å². The van der Waals surface area contributed by atoms with E-state index in [0.29, 0.717) is 5.25 Å². The Kier molecular flexibility index (Phi) is 16.0. The van der Waals surface area contributed by atoms with Crippen LogP contribution in [0.4, 0.5) is 0 Å². The molecule has 0 spiro atoms. The lowest BCUT2D eigenvalue weighted by Gasteiger charge is -2.05. The van der Waals surface area contributed by atoms with Crippen molar-refractivity contribution in [3.8, 4) is 0 Å². The molecular weight excluding hydrogens is 356 g/mol. The summed E-state index contributed by atoms with van der Waals surface area (Å²) in [5, 5.41) is 3.74. The summed E-state index contributed by atoms with van der Waals surface area (Å²) in [5.74, 6) is 1.31. The van der Waals surface area contributed by atoms with Gasteiger partial charge >= 0.3 is 0 Å². The van der Waals surface area contributed by atoms with Crippen molar-refractivity contribution in [2.75, 3.05) is 12.3 Å². The van der Waals surface area contributed by atoms with Crippen LogP contribution < -0.4 is 5.32 Å². The van der Waals surface area contributed by atoms with Crippen molar-refractivity contribution in [3.05, 3.63) is 30.1 Å². The van der Waals surface area contributed by atoms with Gasteiger partial charge < -0.3 is 5.32 Å². The molecule has 2 nitrogen and oxygen atoms in total. The van der Waals surface area contributed by atoms with Crippen LogP contribution >= 0.6 is 24.0 Å². The Morgan fingerprint density at radius 2 is 1.77 bits per heavy atom. The van der Waals surface area contributed by atoms with Gasteiger partial charge in [0.05, 0.1) is 11.2 Å². The van der Waals surface area contributed by atoms with E-state index in [2.05, 4.69) is 41.6 Å². The lowest BCUT2D eigenvalue weighted by atomic mass is 10.1. The zero-order chi connectivity index (χ0) is 18.7. The molecule has 2 rings (SSSR count). The van der Waals surface area contributed by atoms with Crippen LogP contribution in [0.2, 0.25) is 0 Å². The third-order valence-corrected chi connectivity index (χ3v) is 6.28. The number of hydrogen-bond acceptors (Lipinski definition) is 3. The summed E-state index contributed by atoms with van der Waals surface area (Å²) in [4.78, 5) is 4.34. The maximum Gasteiger partial charge on any atom is 0.0614 e. The Morgan fingerprint density at radius 1 is 1.08 bits per heavy atom. The van der Waals surface area contributed by atoms with Crippen molar-refractivity contribution in [2.45, 2.75) is 89.2 Å². The van der Waals surface area contributed by atoms with Gasteiger partial charge in [-0.15, -0.1) is 0 Å². The molecule has 1 aromatic rings. The van der Waals surface area contributed by atoms with Crippen molar-refractivity contribution in [1.82, 2.24) is 10.3 Å². The SMILES string of the molecule is CCCCCCCCCCCCNC=S.c1ccc(C2CCCS2)nc1. The Morgan fingerprint density at radius 3 is 2.31 bits per heavy atom. The van der Waals surface area contributed by atoms with E-state index in [1.54, 1.807) is 5.49 Å². The zero-order valence-electron chi connectivity index (χ0n) is 16.6. The fourth-order valence-corrected chi connectivity index (χ4v) is 4.53. The number of nitrogens with zero attached hydrogens (tertiary/aromatic N) is 1. The number of aromatic nitrogens is 1. The summed E-state index contributed by atoms with van der Waals surface area (Å²) in [6.45, 7) is 3.33. The molecule has 0 saturated carbocycles. The van der Waals surface area contributed by atoms with Gasteiger partial charge in [-0.05, 0) is 37.1 Å². The molecule has 1 unspecified atom stereocenters. The lowest BCUT2D eigenvalue weighted by molar-refractivity contribution is 0.555. The molecule has 0 amide bonds. The van der Waals surface area contributed by atoms with Crippen molar-refractivity contribution >= 4 is 29.5 Å². The van der Waals surface area contributed by atoms with Crippen LogP contribution in [0.3, 0.4) is 0 Å². The monoisotopic (exact) mass is 394 g/mol. The second kappa shape index (κ2) is 17.8. The molecule has 0 aromatic carbocycles. The second-order valence-corrected chi connectivity index (χ2v) is 8.56. The molecule has 4 heteroatoms. The van der Waals surface area contributed by atoms with Gasteiger partial charge in [0.15, 0.2) is 0 Å². The summed E-state index contributed by atoms with van der Waals surface area (Å²) in [6, 6.07) is 6.17. The van der Waals surface area contributed by atoms with Gasteiger partial charge in [0.2, 0.25) is 0 Å². The summed E-state index contributed by atoms with van der Waals surface area (Å²) in [6.07, 6.45) is 18.5. The number of hydrogen-bond donors (Lipinski definition) is 1. The summed E-state index contributed by atoms with van der Waals surface area (Å²) >= 11 is 6.72. The molecule has 26 heavy (non-hydrogen) atoms. The Balaban J connectivity index is 0.000000269. The first-order valence-corrected chi connectivity index (χ1v) is 12.1. The first-order chi connectivity index (χ1) is 12.9. The molecule has 1 aromatic heterocycles. The lowest BCUT2D eigenvalue weighted by Crippen LogP contribution is -2.10. The van der Waals surface area contributed by atoms with Crippen molar-refractivity contribution < 1.29 is 0 Å². The highest BCUT2D eigenvalue weighted by atomic mass is 32.2. The van der Waals surface area contributed by atoms with Gasteiger partial charge in [0, 0.05) is 18.0 Å². The van der Waals surface area contributed by atoms with E-state index in [9.17, 15) is 0 Å². The first-order valence-electron chi connectivity index (χ1n) is 10.6. The molecule has 1 atom stereocenters. The van der Waals surface area contributed by atoms with Gasteiger partial charge in [-0.1, -0.05) is 83.0 Å². The number of pyridine rings is 1. The summed E-state index contributed by atoms with van der Waals surface area (Å²) in [5.41, 5.74) is 2.88. The highest BCUT2D eigenvalue weighted by Crippen LogP contribution is 2.38. The van der Waals surface area contributed by atoms with Gasteiger partial charge in [0.25, 0.3) is 0 Å². The fraction of sp³-hybridized carbons (Fsp3) is 0.727. The van der Waals surface area contributed by atoms with Crippen LogP contribution in [-0.4, -0.2) is 22.8 Å². The van der Waals surface area contributed by atoms with E-state index < -0.39 is 0 Å². The Labute approximate surface area is 171 Å². The second-order valence-electron chi connectivity index (χ2n) is 7.01. The first kappa shape index (κ1) is 23.4. The molecule has 2 heterocycles. The maximum atomic E-state index is 4.69. The van der Waals surface area contributed by atoms with Gasteiger partial charge in [-0.25, -0.2) is 0 Å². The summed E-state index contributed by atoms with van der Waals surface area (Å²) < 4.78 is 0. The molecule has 0 aliphatic carbocycles. The average Bonchev–Trinajstić information content (AvgIpc) is 3.22. The van der Waals surface area contributed by atoms with E-state index in [1.165, 1.54) is 88.5 Å². The predicted molar refractivity (Wildman–Crippen MR) is 122 cm³/mol. The predicted octanol–water partition coefficient (Wildman–Crippen LogP) is 7.10. The fourth-order valence-electron chi connectivity index (χ4n) is 3.15. The molecule has 1 N–H and O–H groups in total. The molecule has 1 aliphatic heterocycles. The zero-order valence-corrected chi connectivity index (χ0v) is 18.3. The quantitative estimate of drug-likeness (QED) is 0.285. The van der Waals surface area contributed by atoms with E-state index in [0.717, 1.165) is 6.54 Å². The van der Waals surface area contributed by atoms with Crippen LogP contribution in [0.15, 0.2) is 24.4 Å².